The second kappa shape index (κ2) is 15.8. The molecule has 0 N–H and O–H groups in total. The summed E-state index contributed by atoms with van der Waals surface area (Å²) < 4.78 is 4.65. The quantitative estimate of drug-likeness (QED) is 0.160. The lowest BCUT2D eigenvalue weighted by molar-refractivity contribution is 1.13. The van der Waals surface area contributed by atoms with E-state index in [1.165, 1.54) is 0 Å². The molecule has 0 saturated heterocycles. The average Bonchev–Trinajstić information content (AvgIpc) is 3.90. The van der Waals surface area contributed by atoms with Gasteiger partial charge < -0.3 is 9.13 Å². The molecule has 0 saturated carbocycles. The van der Waals surface area contributed by atoms with Crippen LogP contribution in [0.4, 0.5) is 0 Å². The number of hydrogen-bond donors (Lipinski definition) is 0. The summed E-state index contributed by atoms with van der Waals surface area (Å²) in [5, 5.41) is 24.4. The number of fused-ring (bicyclic) bond motifs is 6. The third kappa shape index (κ3) is 6.25. The van der Waals surface area contributed by atoms with E-state index in [1.807, 2.05) is 66.7 Å². The van der Waals surface area contributed by atoms with Crippen molar-refractivity contribution in [2.45, 2.75) is 0 Å². The van der Waals surface area contributed by atoms with Gasteiger partial charge in [-0.05, 0) is 95.1 Å². The van der Waals surface area contributed by atoms with Gasteiger partial charge in [-0.2, -0.15) is 10.5 Å². The smallest absolute Gasteiger partial charge is 0.162 e. The molecule has 3 heterocycles. The Morgan fingerprint density at radius 2 is 0.742 bits per heavy atom. The summed E-state index contributed by atoms with van der Waals surface area (Å²) in [6, 6.07) is 79.5. The molecule has 0 atom stereocenters. The Hall–Kier alpha value is -9.36. The van der Waals surface area contributed by atoms with Crippen LogP contribution in [0, 0.1) is 22.7 Å². The van der Waals surface area contributed by atoms with Crippen molar-refractivity contribution >= 4 is 43.6 Å². The molecule has 6 nitrogen and oxygen atoms in total. The number of benzene rings is 9. The van der Waals surface area contributed by atoms with Crippen molar-refractivity contribution in [3.63, 3.8) is 0 Å². The van der Waals surface area contributed by atoms with Crippen LogP contribution < -0.4 is 0 Å². The van der Waals surface area contributed by atoms with E-state index in [2.05, 4.69) is 173 Å². The summed E-state index contributed by atoms with van der Waals surface area (Å²) in [7, 11) is 0. The number of aromatic nitrogens is 4. The fourth-order valence-electron chi connectivity index (χ4n) is 9.67. The first-order chi connectivity index (χ1) is 32.7. The average molecular weight is 841 g/mol. The van der Waals surface area contributed by atoms with Crippen LogP contribution in [0.3, 0.4) is 0 Å². The van der Waals surface area contributed by atoms with Crippen LogP contribution in [0.5, 0.6) is 0 Å². The Kier molecular flexibility index (Phi) is 9.16. The van der Waals surface area contributed by atoms with E-state index in [1.54, 1.807) is 0 Å². The predicted octanol–water partition coefficient (Wildman–Crippen LogP) is 14.7. The van der Waals surface area contributed by atoms with Crippen molar-refractivity contribution in [3.8, 4) is 79.7 Å². The van der Waals surface area contributed by atoms with Crippen LogP contribution in [0.2, 0.25) is 0 Å². The first kappa shape index (κ1) is 38.3. The summed E-state index contributed by atoms with van der Waals surface area (Å²) in [4.78, 5) is 10.9. The zero-order valence-corrected chi connectivity index (χ0v) is 35.5. The molecule has 9 aromatic carbocycles. The van der Waals surface area contributed by atoms with Crippen molar-refractivity contribution in [3.05, 3.63) is 230 Å². The van der Waals surface area contributed by atoms with Crippen molar-refractivity contribution in [1.82, 2.24) is 19.1 Å². The molecule has 306 valence electrons. The number of nitrogens with zero attached hydrogens (tertiary/aromatic N) is 6. The van der Waals surface area contributed by atoms with Gasteiger partial charge in [0.05, 0.1) is 68.1 Å². The van der Waals surface area contributed by atoms with E-state index in [0.29, 0.717) is 17.0 Å². The molecule has 66 heavy (non-hydrogen) atoms. The summed E-state index contributed by atoms with van der Waals surface area (Å²) in [6.07, 6.45) is 0. The fourth-order valence-corrected chi connectivity index (χ4v) is 9.67. The zero-order chi connectivity index (χ0) is 44.1. The monoisotopic (exact) mass is 840 g/mol. The molecule has 0 amide bonds. The lowest BCUT2D eigenvalue weighted by atomic mass is 9.98. The van der Waals surface area contributed by atoms with Gasteiger partial charge >= 0.3 is 0 Å². The second-order valence-corrected chi connectivity index (χ2v) is 16.3. The highest BCUT2D eigenvalue weighted by atomic mass is 15.0. The molecule has 0 aliphatic rings. The zero-order valence-electron chi connectivity index (χ0n) is 35.5. The molecule has 0 aliphatic carbocycles. The van der Waals surface area contributed by atoms with Crippen LogP contribution in [0.25, 0.3) is 111 Å². The van der Waals surface area contributed by atoms with Gasteiger partial charge in [-0.25, -0.2) is 9.97 Å². The SMILES string of the molecule is N#Cc1ccccc1-c1ccc2c(c1)c1ccccc1n2-c1ccccc1-c1cc(-c2ccccc2)nc(-c2ccccc2-n2c3ccccc3c3cc(-c4ccccc4C#N)ccc32)n1. The van der Waals surface area contributed by atoms with E-state index >= 15 is 0 Å². The second-order valence-electron chi connectivity index (χ2n) is 16.3. The Labute approximate surface area is 380 Å². The first-order valence-corrected chi connectivity index (χ1v) is 21.9. The molecular weight excluding hydrogens is 805 g/mol. The summed E-state index contributed by atoms with van der Waals surface area (Å²) in [6.45, 7) is 0. The highest BCUT2D eigenvalue weighted by molar-refractivity contribution is 6.12. The number of rotatable bonds is 7. The third-order valence-electron chi connectivity index (χ3n) is 12.7. The van der Waals surface area contributed by atoms with Gasteiger partial charge in [-0.1, -0.05) is 146 Å². The number of para-hydroxylation sites is 4. The summed E-state index contributed by atoms with van der Waals surface area (Å²) in [5.41, 5.74) is 15.7. The van der Waals surface area contributed by atoms with Crippen LogP contribution in [0.1, 0.15) is 11.1 Å². The predicted molar refractivity (Wildman–Crippen MR) is 267 cm³/mol. The van der Waals surface area contributed by atoms with Gasteiger partial charge in [0.25, 0.3) is 0 Å². The maximum absolute atomic E-state index is 9.97. The topological polar surface area (TPSA) is 83.2 Å². The molecule has 0 bridgehead atoms. The van der Waals surface area contributed by atoms with Crippen molar-refractivity contribution < 1.29 is 0 Å². The van der Waals surface area contributed by atoms with Crippen LogP contribution in [-0.4, -0.2) is 19.1 Å². The minimum Gasteiger partial charge on any atom is -0.309 e. The lowest BCUT2D eigenvalue weighted by Gasteiger charge is -2.17. The maximum Gasteiger partial charge on any atom is 0.162 e. The largest absolute Gasteiger partial charge is 0.309 e. The van der Waals surface area contributed by atoms with Gasteiger partial charge in [-0.15, -0.1) is 0 Å². The Balaban J connectivity index is 1.07. The molecule has 0 aliphatic heterocycles. The van der Waals surface area contributed by atoms with E-state index in [9.17, 15) is 10.5 Å². The fraction of sp³-hybridized carbons (Fsp3) is 0. The molecule has 6 heteroatoms. The van der Waals surface area contributed by atoms with Crippen LogP contribution in [0.15, 0.2) is 218 Å². The lowest BCUT2D eigenvalue weighted by Crippen LogP contribution is -2.03. The van der Waals surface area contributed by atoms with Crippen molar-refractivity contribution in [2.75, 3.05) is 0 Å². The van der Waals surface area contributed by atoms with E-state index in [4.69, 9.17) is 9.97 Å². The minimum atomic E-state index is 0.602. The Morgan fingerprint density at radius 3 is 1.30 bits per heavy atom. The highest BCUT2D eigenvalue weighted by Crippen LogP contribution is 2.41. The van der Waals surface area contributed by atoms with Gasteiger partial charge in [-0.3, -0.25) is 0 Å². The van der Waals surface area contributed by atoms with E-state index in [0.717, 1.165) is 105 Å². The van der Waals surface area contributed by atoms with E-state index < -0.39 is 0 Å². The maximum atomic E-state index is 9.97. The normalized spacial score (nSPS) is 11.3. The minimum absolute atomic E-state index is 0.602. The van der Waals surface area contributed by atoms with Crippen molar-refractivity contribution in [2.24, 2.45) is 0 Å². The molecule has 12 rings (SSSR count). The van der Waals surface area contributed by atoms with Gasteiger partial charge in [0.1, 0.15) is 0 Å². The molecule has 0 spiro atoms. The third-order valence-corrected chi connectivity index (χ3v) is 12.7. The first-order valence-electron chi connectivity index (χ1n) is 21.9. The van der Waals surface area contributed by atoms with Gasteiger partial charge in [0.15, 0.2) is 5.82 Å². The van der Waals surface area contributed by atoms with Crippen LogP contribution in [-0.2, 0) is 0 Å². The molecular formula is C60H36N6. The molecule has 0 fully saturated rings. The summed E-state index contributed by atoms with van der Waals surface area (Å²) >= 11 is 0. The molecule has 12 aromatic rings. The Morgan fingerprint density at radius 1 is 0.318 bits per heavy atom. The van der Waals surface area contributed by atoms with Crippen LogP contribution >= 0.6 is 0 Å². The number of nitriles is 2. The molecule has 3 aromatic heterocycles. The Bertz CT molecular complexity index is 3740. The summed E-state index contributed by atoms with van der Waals surface area (Å²) in [5.74, 6) is 0.602. The molecule has 0 unspecified atom stereocenters. The molecule has 0 radical (unpaired) electrons. The standard InChI is InChI=1S/C60H36N6/c61-37-42-18-4-6-20-44(42)40-30-32-58-50(34-40)46-22-8-12-26-54(46)65(58)56-28-14-10-24-48(56)53-36-52(39-16-2-1-3-17-39)63-60(64-53)49-25-11-15-29-57(49)66-55-27-13-9-23-47(55)51-35-41(31-33-59(51)66)45-21-7-5-19-43(45)38-62/h1-36H. The van der Waals surface area contributed by atoms with Gasteiger partial charge in [0, 0.05) is 38.2 Å². The highest BCUT2D eigenvalue weighted by Gasteiger charge is 2.22. The van der Waals surface area contributed by atoms with Crippen molar-refractivity contribution in [1.29, 1.82) is 10.5 Å². The van der Waals surface area contributed by atoms with E-state index in [-0.39, 0.29) is 0 Å². The van der Waals surface area contributed by atoms with Gasteiger partial charge in [0.2, 0.25) is 0 Å². The number of hydrogen-bond acceptors (Lipinski definition) is 4.